The predicted molar refractivity (Wildman–Crippen MR) is 104 cm³/mol. The van der Waals surface area contributed by atoms with E-state index in [9.17, 15) is 9.90 Å². The third-order valence-corrected chi connectivity index (χ3v) is 4.45. The monoisotopic (exact) mass is 343 g/mol. The van der Waals surface area contributed by atoms with Gasteiger partial charge >= 0.3 is 0 Å². The molecule has 0 saturated carbocycles. The third-order valence-electron chi connectivity index (χ3n) is 4.45. The zero-order chi connectivity index (χ0) is 18.1. The van der Waals surface area contributed by atoms with Crippen LogP contribution in [0.15, 0.2) is 72.8 Å². The summed E-state index contributed by atoms with van der Waals surface area (Å²) in [5, 5.41) is 16.8. The fraction of sp³-hybridized carbons (Fsp3) is 0.0455. The summed E-state index contributed by atoms with van der Waals surface area (Å²) in [6.07, 6.45) is 0. The van der Waals surface area contributed by atoms with E-state index in [1.165, 1.54) is 0 Å². The molecule has 0 saturated heterocycles. The van der Waals surface area contributed by atoms with Crippen LogP contribution in [0.2, 0.25) is 0 Å². The Morgan fingerprint density at radius 3 is 2.38 bits per heavy atom. The number of ether oxygens (including phenoxy) is 1. The van der Waals surface area contributed by atoms with Gasteiger partial charge in [0.25, 0.3) is 5.91 Å². The van der Waals surface area contributed by atoms with Gasteiger partial charge in [0.2, 0.25) is 0 Å². The summed E-state index contributed by atoms with van der Waals surface area (Å²) in [7, 11) is 1.61. The number of nitrogens with one attached hydrogen (secondary N) is 1. The predicted octanol–water partition coefficient (Wildman–Crippen LogP) is 4.96. The molecule has 4 rings (SSSR count). The van der Waals surface area contributed by atoms with Crippen LogP contribution in [0.4, 0.5) is 5.69 Å². The number of rotatable bonds is 3. The molecule has 0 aliphatic carbocycles. The lowest BCUT2D eigenvalue weighted by molar-refractivity contribution is 0.102. The van der Waals surface area contributed by atoms with Gasteiger partial charge in [-0.1, -0.05) is 42.5 Å². The maximum Gasteiger partial charge on any atom is 0.259 e. The number of carbonyl (C=O) groups excluding carboxylic acids is 1. The average Bonchev–Trinajstić information content (AvgIpc) is 2.67. The van der Waals surface area contributed by atoms with Crippen molar-refractivity contribution in [3.63, 3.8) is 0 Å². The van der Waals surface area contributed by atoms with Gasteiger partial charge in [0.15, 0.2) is 0 Å². The highest BCUT2D eigenvalue weighted by Gasteiger charge is 2.14. The number of aromatic hydroxyl groups is 1. The first kappa shape index (κ1) is 16.0. The second kappa shape index (κ2) is 6.41. The number of phenolic OH excluding ortho intramolecular Hbond substituents is 1. The van der Waals surface area contributed by atoms with Gasteiger partial charge in [0.1, 0.15) is 11.5 Å². The Balaban J connectivity index is 1.75. The minimum atomic E-state index is -0.358. The highest BCUT2D eigenvalue weighted by atomic mass is 16.5. The molecule has 2 N–H and O–H groups in total. The van der Waals surface area contributed by atoms with Crippen molar-refractivity contribution in [3.05, 3.63) is 78.4 Å². The Labute approximate surface area is 150 Å². The number of fused-ring (bicyclic) bond motifs is 2. The number of hydrogen-bond donors (Lipinski definition) is 2. The summed E-state index contributed by atoms with van der Waals surface area (Å²) in [6.45, 7) is 0. The molecule has 26 heavy (non-hydrogen) atoms. The molecule has 0 fully saturated rings. The Morgan fingerprint density at radius 1 is 0.885 bits per heavy atom. The van der Waals surface area contributed by atoms with E-state index in [-0.39, 0.29) is 17.2 Å². The van der Waals surface area contributed by atoms with Crippen LogP contribution in [0.5, 0.6) is 11.5 Å². The molecule has 0 aromatic heterocycles. The Kier molecular flexibility index (Phi) is 3.93. The molecule has 0 bridgehead atoms. The van der Waals surface area contributed by atoms with E-state index < -0.39 is 0 Å². The Hall–Kier alpha value is -3.53. The molecule has 0 aliphatic heterocycles. The van der Waals surface area contributed by atoms with Crippen molar-refractivity contribution in [1.82, 2.24) is 0 Å². The van der Waals surface area contributed by atoms with Crippen molar-refractivity contribution in [3.8, 4) is 11.5 Å². The van der Waals surface area contributed by atoms with E-state index in [4.69, 9.17) is 4.74 Å². The first-order valence-corrected chi connectivity index (χ1v) is 8.25. The summed E-state index contributed by atoms with van der Waals surface area (Å²) in [5.41, 5.74) is 0.905. The fourth-order valence-electron chi connectivity index (χ4n) is 3.09. The molecule has 0 heterocycles. The van der Waals surface area contributed by atoms with Crippen molar-refractivity contribution in [1.29, 1.82) is 0 Å². The molecule has 1 amide bonds. The minimum Gasteiger partial charge on any atom is -0.507 e. The van der Waals surface area contributed by atoms with Crippen LogP contribution >= 0.6 is 0 Å². The van der Waals surface area contributed by atoms with Crippen LogP contribution in [0.25, 0.3) is 21.5 Å². The van der Waals surface area contributed by atoms with Crippen LogP contribution in [0.1, 0.15) is 10.4 Å². The highest BCUT2D eigenvalue weighted by molar-refractivity contribution is 6.12. The van der Waals surface area contributed by atoms with Crippen molar-refractivity contribution >= 4 is 33.1 Å². The second-order valence-electron chi connectivity index (χ2n) is 6.06. The van der Waals surface area contributed by atoms with Gasteiger partial charge in [-0.05, 0) is 46.5 Å². The summed E-state index contributed by atoms with van der Waals surface area (Å²) in [4.78, 5) is 12.8. The molecule has 0 aliphatic rings. The smallest absolute Gasteiger partial charge is 0.259 e. The van der Waals surface area contributed by atoms with Crippen LogP contribution in [-0.4, -0.2) is 18.1 Å². The van der Waals surface area contributed by atoms with Gasteiger partial charge in [-0.15, -0.1) is 0 Å². The first-order valence-electron chi connectivity index (χ1n) is 8.25. The van der Waals surface area contributed by atoms with Crippen LogP contribution in [0.3, 0.4) is 0 Å². The average molecular weight is 343 g/mol. The lowest BCUT2D eigenvalue weighted by Gasteiger charge is -2.11. The van der Waals surface area contributed by atoms with E-state index in [2.05, 4.69) is 5.32 Å². The molecule has 0 spiro atoms. The normalized spacial score (nSPS) is 10.8. The number of benzene rings is 4. The number of phenols is 1. The zero-order valence-corrected chi connectivity index (χ0v) is 14.2. The molecule has 4 aromatic rings. The zero-order valence-electron chi connectivity index (χ0n) is 14.2. The number of hydrogen-bond acceptors (Lipinski definition) is 3. The molecular formula is C22H17NO3. The molecule has 0 radical (unpaired) electrons. The lowest BCUT2D eigenvalue weighted by Crippen LogP contribution is -2.12. The number of carbonyl (C=O) groups is 1. The third kappa shape index (κ3) is 2.82. The number of amides is 1. The molecule has 128 valence electrons. The number of anilines is 1. The lowest BCUT2D eigenvalue weighted by atomic mass is 10.0. The first-order chi connectivity index (χ1) is 12.7. The van der Waals surface area contributed by atoms with E-state index in [1.54, 1.807) is 19.2 Å². The van der Waals surface area contributed by atoms with E-state index >= 15 is 0 Å². The van der Waals surface area contributed by atoms with E-state index in [0.717, 1.165) is 21.5 Å². The van der Waals surface area contributed by atoms with Gasteiger partial charge in [-0.25, -0.2) is 0 Å². The second-order valence-corrected chi connectivity index (χ2v) is 6.06. The standard InChI is InChI=1S/C22H17NO3/c1-26-17-10-9-14-7-4-8-20(18(14)13-17)23-22(25)19-11-15-5-2-3-6-16(15)12-21(19)24/h2-13,24H,1H3,(H,23,25). The molecular weight excluding hydrogens is 326 g/mol. The van der Waals surface area contributed by atoms with Crippen molar-refractivity contribution < 1.29 is 14.6 Å². The van der Waals surface area contributed by atoms with Gasteiger partial charge in [0, 0.05) is 11.1 Å². The van der Waals surface area contributed by atoms with Crippen molar-refractivity contribution in [2.24, 2.45) is 0 Å². The molecule has 4 aromatic carbocycles. The maximum absolute atomic E-state index is 12.8. The van der Waals surface area contributed by atoms with Crippen LogP contribution < -0.4 is 10.1 Å². The van der Waals surface area contributed by atoms with Gasteiger partial charge in [0.05, 0.1) is 12.7 Å². The van der Waals surface area contributed by atoms with Crippen LogP contribution in [-0.2, 0) is 0 Å². The number of methoxy groups -OCH3 is 1. The molecule has 0 atom stereocenters. The van der Waals surface area contributed by atoms with Crippen molar-refractivity contribution in [2.75, 3.05) is 12.4 Å². The van der Waals surface area contributed by atoms with E-state index in [0.29, 0.717) is 11.4 Å². The van der Waals surface area contributed by atoms with Gasteiger partial charge in [-0.2, -0.15) is 0 Å². The summed E-state index contributed by atoms with van der Waals surface area (Å²) in [5.74, 6) is 0.315. The summed E-state index contributed by atoms with van der Waals surface area (Å²) in [6, 6.07) is 22.3. The SMILES string of the molecule is COc1ccc2cccc(NC(=O)c3cc4ccccc4cc3O)c2c1. The fourth-order valence-corrected chi connectivity index (χ4v) is 3.09. The molecule has 4 heteroatoms. The topological polar surface area (TPSA) is 58.6 Å². The Morgan fingerprint density at radius 2 is 1.62 bits per heavy atom. The maximum atomic E-state index is 12.8. The largest absolute Gasteiger partial charge is 0.507 e. The van der Waals surface area contributed by atoms with Gasteiger partial charge in [-0.3, -0.25) is 4.79 Å². The Bertz CT molecular complexity index is 1130. The summed E-state index contributed by atoms with van der Waals surface area (Å²) >= 11 is 0. The highest BCUT2D eigenvalue weighted by Crippen LogP contribution is 2.30. The summed E-state index contributed by atoms with van der Waals surface area (Å²) < 4.78 is 5.28. The van der Waals surface area contributed by atoms with Crippen LogP contribution in [0, 0.1) is 0 Å². The quantitative estimate of drug-likeness (QED) is 0.553. The molecule has 0 unspecified atom stereocenters. The molecule has 4 nitrogen and oxygen atoms in total. The van der Waals surface area contributed by atoms with Crippen molar-refractivity contribution in [2.45, 2.75) is 0 Å². The minimum absolute atomic E-state index is 0.0426. The van der Waals surface area contributed by atoms with E-state index in [1.807, 2.05) is 60.7 Å². The van der Waals surface area contributed by atoms with Gasteiger partial charge < -0.3 is 15.2 Å².